The lowest BCUT2D eigenvalue weighted by atomic mass is 10.0. The van der Waals surface area contributed by atoms with Crippen LogP contribution in [-0.2, 0) is 7.05 Å². The number of rotatable bonds is 3. The van der Waals surface area contributed by atoms with Gasteiger partial charge in [0.2, 0.25) is 0 Å². The van der Waals surface area contributed by atoms with Crippen molar-refractivity contribution in [1.29, 1.82) is 0 Å². The molecule has 6 aromatic rings. The van der Waals surface area contributed by atoms with E-state index in [0.29, 0.717) is 0 Å². The highest BCUT2D eigenvalue weighted by molar-refractivity contribution is 6.00. The van der Waals surface area contributed by atoms with Gasteiger partial charge in [0.05, 0.1) is 29.9 Å². The summed E-state index contributed by atoms with van der Waals surface area (Å²) in [6.07, 6.45) is 9.09. The second kappa shape index (κ2) is 5.93. The Morgan fingerprint density at radius 3 is 2.79 bits per heavy atom. The lowest BCUT2D eigenvalue weighted by molar-refractivity contribution is 0.568. The van der Waals surface area contributed by atoms with Gasteiger partial charge in [0.1, 0.15) is 11.3 Å². The molecule has 7 nitrogen and oxygen atoms in total. The van der Waals surface area contributed by atoms with Crippen LogP contribution < -0.4 is 0 Å². The van der Waals surface area contributed by atoms with E-state index in [1.807, 2.05) is 37.6 Å². The molecule has 0 aliphatic heterocycles. The number of furan rings is 1. The summed E-state index contributed by atoms with van der Waals surface area (Å²) < 4.78 is 7.06. The average Bonchev–Trinajstić information content (AvgIpc) is 3.51. The predicted molar refractivity (Wildman–Crippen MR) is 111 cm³/mol. The third-order valence-electron chi connectivity index (χ3n) is 5.22. The molecule has 2 N–H and O–H groups in total. The van der Waals surface area contributed by atoms with E-state index in [0.717, 1.165) is 55.6 Å². The molecule has 29 heavy (non-hydrogen) atoms. The highest BCUT2D eigenvalue weighted by atomic mass is 16.3. The first-order valence-electron chi connectivity index (χ1n) is 9.24. The molecule has 0 atom stereocenters. The fraction of sp³-hybridized carbons (Fsp3) is 0.0455. The van der Waals surface area contributed by atoms with Gasteiger partial charge in [-0.1, -0.05) is 6.07 Å². The number of benzene rings is 1. The van der Waals surface area contributed by atoms with Crippen LogP contribution in [0.1, 0.15) is 0 Å². The highest BCUT2D eigenvalue weighted by Gasteiger charge is 2.15. The van der Waals surface area contributed by atoms with Crippen molar-refractivity contribution < 1.29 is 4.42 Å². The van der Waals surface area contributed by atoms with Crippen LogP contribution in [0.2, 0.25) is 0 Å². The van der Waals surface area contributed by atoms with E-state index in [2.05, 4.69) is 43.5 Å². The van der Waals surface area contributed by atoms with E-state index < -0.39 is 0 Å². The molecular formula is C22H16N6O. The van der Waals surface area contributed by atoms with E-state index in [1.165, 1.54) is 0 Å². The number of pyridine rings is 1. The Morgan fingerprint density at radius 2 is 1.97 bits per heavy atom. The molecule has 140 valence electrons. The van der Waals surface area contributed by atoms with Crippen molar-refractivity contribution in [3.63, 3.8) is 0 Å². The zero-order chi connectivity index (χ0) is 19.4. The number of nitrogens with zero attached hydrogens (tertiary/aromatic N) is 4. The maximum Gasteiger partial charge on any atom is 0.138 e. The third-order valence-corrected chi connectivity index (χ3v) is 5.22. The number of H-pyrrole nitrogens is 2. The summed E-state index contributed by atoms with van der Waals surface area (Å²) in [5.74, 6) is 0. The zero-order valence-electron chi connectivity index (χ0n) is 15.5. The van der Waals surface area contributed by atoms with E-state index in [-0.39, 0.29) is 0 Å². The minimum Gasteiger partial charge on any atom is -0.472 e. The fourth-order valence-corrected chi connectivity index (χ4v) is 3.79. The van der Waals surface area contributed by atoms with Gasteiger partial charge in [0.25, 0.3) is 0 Å². The number of aromatic nitrogens is 6. The Balaban J connectivity index is 1.53. The molecule has 5 heterocycles. The second-order valence-electron chi connectivity index (χ2n) is 7.05. The molecule has 0 radical (unpaired) electrons. The number of fused-ring (bicyclic) bond motifs is 2. The molecule has 0 aliphatic carbocycles. The van der Waals surface area contributed by atoms with Crippen LogP contribution in [0, 0.1) is 0 Å². The SMILES string of the molecule is Cn1cc(-c2ccc3[nH]nc(-c4cc5c(-c6ccoc6)ccnc5[nH]4)c3c2)cn1. The molecule has 6 rings (SSSR count). The maximum atomic E-state index is 5.26. The minimum absolute atomic E-state index is 0.818. The normalized spacial score (nSPS) is 11.6. The van der Waals surface area contributed by atoms with Crippen LogP contribution >= 0.6 is 0 Å². The monoisotopic (exact) mass is 380 g/mol. The Bertz CT molecular complexity index is 1470. The van der Waals surface area contributed by atoms with Gasteiger partial charge in [-0.3, -0.25) is 9.78 Å². The van der Waals surface area contributed by atoms with Gasteiger partial charge in [-0.05, 0) is 41.5 Å². The molecule has 5 aromatic heterocycles. The number of nitrogens with one attached hydrogen (secondary N) is 2. The smallest absolute Gasteiger partial charge is 0.138 e. The summed E-state index contributed by atoms with van der Waals surface area (Å²) in [5, 5.41) is 14.1. The fourth-order valence-electron chi connectivity index (χ4n) is 3.79. The van der Waals surface area contributed by atoms with Gasteiger partial charge < -0.3 is 9.40 Å². The highest BCUT2D eigenvalue weighted by Crippen LogP contribution is 2.34. The first kappa shape index (κ1) is 15.9. The standard InChI is InChI=1S/C22H16N6O/c1-28-11-15(10-24-28)13-2-3-19-18(8-13)21(27-26-19)20-9-17-16(14-5-7-29-12-14)4-6-23-22(17)25-20/h2-12H,1H3,(H,23,25)(H,26,27). The molecule has 1 aromatic carbocycles. The van der Waals surface area contributed by atoms with Gasteiger partial charge in [-0.25, -0.2) is 4.98 Å². The van der Waals surface area contributed by atoms with Gasteiger partial charge in [0, 0.05) is 41.3 Å². The number of hydrogen-bond acceptors (Lipinski definition) is 4. The van der Waals surface area contributed by atoms with Crippen molar-refractivity contribution in [1.82, 2.24) is 29.9 Å². The van der Waals surface area contributed by atoms with Gasteiger partial charge in [-0.15, -0.1) is 0 Å². The molecule has 0 unspecified atom stereocenters. The summed E-state index contributed by atoms with van der Waals surface area (Å²) >= 11 is 0. The van der Waals surface area contributed by atoms with Crippen LogP contribution in [0.4, 0.5) is 0 Å². The summed E-state index contributed by atoms with van der Waals surface area (Å²) in [6.45, 7) is 0. The van der Waals surface area contributed by atoms with Crippen molar-refractivity contribution >= 4 is 21.9 Å². The Morgan fingerprint density at radius 1 is 1.00 bits per heavy atom. The van der Waals surface area contributed by atoms with Gasteiger partial charge >= 0.3 is 0 Å². The molecule has 0 bridgehead atoms. The Kier molecular flexibility index (Phi) is 3.25. The summed E-state index contributed by atoms with van der Waals surface area (Å²) in [4.78, 5) is 7.91. The van der Waals surface area contributed by atoms with Crippen molar-refractivity contribution in [2.75, 3.05) is 0 Å². The molecule has 0 spiro atoms. The number of aromatic amines is 2. The number of aryl methyl sites for hydroxylation is 1. The quantitative estimate of drug-likeness (QED) is 0.463. The molecule has 0 saturated carbocycles. The van der Waals surface area contributed by atoms with Crippen molar-refractivity contribution in [2.24, 2.45) is 7.05 Å². The van der Waals surface area contributed by atoms with Crippen LogP contribution in [0.25, 0.3) is 55.6 Å². The summed E-state index contributed by atoms with van der Waals surface area (Å²) in [7, 11) is 1.92. The molecule has 0 fully saturated rings. The average molecular weight is 380 g/mol. The Labute approximate surface area is 165 Å². The van der Waals surface area contributed by atoms with Crippen LogP contribution in [0.3, 0.4) is 0 Å². The Hall–Kier alpha value is -4.13. The van der Waals surface area contributed by atoms with Gasteiger partial charge in [0.15, 0.2) is 0 Å². The predicted octanol–water partition coefficient (Wildman–Crippen LogP) is 4.77. The van der Waals surface area contributed by atoms with E-state index >= 15 is 0 Å². The van der Waals surface area contributed by atoms with E-state index in [4.69, 9.17) is 4.42 Å². The molecule has 0 saturated heterocycles. The zero-order valence-corrected chi connectivity index (χ0v) is 15.5. The van der Waals surface area contributed by atoms with Crippen LogP contribution in [0.5, 0.6) is 0 Å². The van der Waals surface area contributed by atoms with Gasteiger partial charge in [-0.2, -0.15) is 10.2 Å². The first-order chi connectivity index (χ1) is 14.3. The van der Waals surface area contributed by atoms with E-state index in [1.54, 1.807) is 23.4 Å². The third kappa shape index (κ3) is 2.48. The largest absolute Gasteiger partial charge is 0.472 e. The number of hydrogen-bond donors (Lipinski definition) is 2. The van der Waals surface area contributed by atoms with Crippen molar-refractivity contribution in [3.05, 3.63) is 67.5 Å². The first-order valence-corrected chi connectivity index (χ1v) is 9.24. The molecular weight excluding hydrogens is 364 g/mol. The van der Waals surface area contributed by atoms with Crippen molar-refractivity contribution in [2.45, 2.75) is 0 Å². The maximum absolute atomic E-state index is 5.26. The minimum atomic E-state index is 0.818. The van der Waals surface area contributed by atoms with Crippen LogP contribution in [-0.4, -0.2) is 29.9 Å². The lowest BCUT2D eigenvalue weighted by Gasteiger charge is -1.99. The summed E-state index contributed by atoms with van der Waals surface area (Å²) in [5.41, 5.74) is 7.84. The topological polar surface area (TPSA) is 88.3 Å². The molecule has 7 heteroatoms. The lowest BCUT2D eigenvalue weighted by Crippen LogP contribution is -1.84. The van der Waals surface area contributed by atoms with E-state index in [9.17, 15) is 0 Å². The second-order valence-corrected chi connectivity index (χ2v) is 7.05. The molecule has 0 aliphatic rings. The van der Waals surface area contributed by atoms with Crippen LogP contribution in [0.15, 0.2) is 71.9 Å². The summed E-state index contributed by atoms with van der Waals surface area (Å²) in [6, 6.07) is 12.3. The van der Waals surface area contributed by atoms with Crippen molar-refractivity contribution in [3.8, 4) is 33.6 Å². The molecule has 0 amide bonds.